The molecule has 0 bridgehead atoms. The molecular formula is C25H23N3O3. The Kier molecular flexibility index (Phi) is 5.54. The summed E-state index contributed by atoms with van der Waals surface area (Å²) in [6.45, 7) is 2.18. The molecule has 0 radical (unpaired) electrons. The Hall–Kier alpha value is -3.93. The minimum atomic E-state index is -0.995. The summed E-state index contributed by atoms with van der Waals surface area (Å²) in [5, 5.41) is 10.7. The van der Waals surface area contributed by atoms with Gasteiger partial charge in [-0.1, -0.05) is 31.2 Å². The summed E-state index contributed by atoms with van der Waals surface area (Å²) in [5.41, 5.74) is 10.6. The number of ether oxygens (including phenoxy) is 1. The van der Waals surface area contributed by atoms with E-state index in [9.17, 15) is 4.79 Å². The lowest BCUT2D eigenvalue weighted by atomic mass is 9.93. The number of benzene rings is 2. The molecule has 31 heavy (non-hydrogen) atoms. The number of anilines is 1. The lowest BCUT2D eigenvalue weighted by Crippen LogP contribution is -2.01. The summed E-state index contributed by atoms with van der Waals surface area (Å²) in [7, 11) is 1.66. The zero-order valence-corrected chi connectivity index (χ0v) is 17.4. The summed E-state index contributed by atoms with van der Waals surface area (Å²) in [5.74, 6) is 0.463. The molecular weight excluding hydrogens is 390 g/mol. The second-order valence-corrected chi connectivity index (χ2v) is 7.56. The van der Waals surface area contributed by atoms with E-state index < -0.39 is 5.97 Å². The van der Waals surface area contributed by atoms with E-state index in [-0.39, 0.29) is 5.92 Å². The van der Waals surface area contributed by atoms with Crippen LogP contribution in [-0.4, -0.2) is 28.2 Å². The highest BCUT2D eigenvalue weighted by molar-refractivity contribution is 6.08. The molecule has 1 unspecified atom stereocenters. The van der Waals surface area contributed by atoms with Gasteiger partial charge in [0.05, 0.1) is 12.6 Å². The number of carboxylic acid groups (broad SMARTS) is 1. The fourth-order valence-electron chi connectivity index (χ4n) is 3.72. The average Bonchev–Trinajstić information content (AvgIpc) is 2.77. The zero-order chi connectivity index (χ0) is 22.0. The molecule has 2 aromatic carbocycles. The Morgan fingerprint density at radius 1 is 1.16 bits per heavy atom. The summed E-state index contributed by atoms with van der Waals surface area (Å²) >= 11 is 0. The number of pyridine rings is 2. The number of carboxylic acids is 1. The summed E-state index contributed by atoms with van der Waals surface area (Å²) in [4.78, 5) is 19.9. The number of hydrogen-bond donors (Lipinski definition) is 2. The predicted octanol–water partition coefficient (Wildman–Crippen LogP) is 4.82. The van der Waals surface area contributed by atoms with Crippen LogP contribution in [0.3, 0.4) is 0 Å². The van der Waals surface area contributed by atoms with Crippen molar-refractivity contribution in [3.8, 4) is 5.75 Å². The van der Waals surface area contributed by atoms with E-state index in [2.05, 4.69) is 35.1 Å². The highest BCUT2D eigenvalue weighted by Gasteiger charge is 2.13. The highest BCUT2D eigenvalue weighted by Crippen LogP contribution is 2.31. The van der Waals surface area contributed by atoms with Crippen LogP contribution in [-0.2, 0) is 11.2 Å². The summed E-state index contributed by atoms with van der Waals surface area (Å²) in [6.07, 6.45) is 5.38. The zero-order valence-electron chi connectivity index (χ0n) is 17.4. The number of fused-ring (bicyclic) bond motifs is 3. The number of carbonyl (C=O) groups is 1. The first-order chi connectivity index (χ1) is 14.9. The van der Waals surface area contributed by atoms with Crippen molar-refractivity contribution in [1.29, 1.82) is 0 Å². The molecule has 0 aliphatic heterocycles. The first-order valence-electron chi connectivity index (χ1n) is 9.97. The third-order valence-electron chi connectivity index (χ3n) is 5.39. The molecule has 0 saturated carbocycles. The molecule has 0 fully saturated rings. The van der Waals surface area contributed by atoms with Gasteiger partial charge in [-0.3, -0.25) is 4.98 Å². The Morgan fingerprint density at radius 3 is 2.65 bits per heavy atom. The highest BCUT2D eigenvalue weighted by atomic mass is 16.5. The maximum Gasteiger partial charge on any atom is 0.328 e. The van der Waals surface area contributed by atoms with Crippen molar-refractivity contribution in [1.82, 2.24) is 9.97 Å². The molecule has 4 rings (SSSR count). The van der Waals surface area contributed by atoms with Crippen LogP contribution < -0.4 is 10.5 Å². The van der Waals surface area contributed by atoms with Gasteiger partial charge < -0.3 is 15.6 Å². The van der Waals surface area contributed by atoms with Crippen molar-refractivity contribution in [3.63, 3.8) is 0 Å². The van der Waals surface area contributed by atoms with Crippen molar-refractivity contribution in [2.45, 2.75) is 19.3 Å². The smallest absolute Gasteiger partial charge is 0.328 e. The lowest BCUT2D eigenvalue weighted by molar-refractivity contribution is -0.131. The van der Waals surface area contributed by atoms with Crippen LogP contribution >= 0.6 is 0 Å². The fraction of sp³-hybridized carbons (Fsp3) is 0.160. The minimum absolute atomic E-state index is 0.257. The van der Waals surface area contributed by atoms with Gasteiger partial charge in [0.25, 0.3) is 0 Å². The third kappa shape index (κ3) is 4.33. The normalized spacial score (nSPS) is 12.5. The molecule has 0 aliphatic carbocycles. The lowest BCUT2D eigenvalue weighted by Gasteiger charge is -2.14. The second-order valence-electron chi connectivity index (χ2n) is 7.56. The van der Waals surface area contributed by atoms with E-state index in [0.29, 0.717) is 16.9 Å². The van der Waals surface area contributed by atoms with E-state index in [4.69, 9.17) is 15.6 Å². The fourth-order valence-corrected chi connectivity index (χ4v) is 3.72. The number of hydrogen-bond acceptors (Lipinski definition) is 5. The molecule has 0 aliphatic rings. The van der Waals surface area contributed by atoms with Gasteiger partial charge in [-0.25, -0.2) is 9.78 Å². The molecule has 6 nitrogen and oxygen atoms in total. The number of aliphatic carboxylic acids is 1. The minimum Gasteiger partial charge on any atom is -0.497 e. The van der Waals surface area contributed by atoms with E-state index in [1.807, 2.05) is 36.5 Å². The van der Waals surface area contributed by atoms with Gasteiger partial charge >= 0.3 is 5.97 Å². The Morgan fingerprint density at radius 2 is 1.94 bits per heavy atom. The number of methoxy groups -OCH3 is 1. The van der Waals surface area contributed by atoms with Gasteiger partial charge in [-0.05, 0) is 59.4 Å². The van der Waals surface area contributed by atoms with Crippen molar-refractivity contribution < 1.29 is 14.6 Å². The molecule has 1 atom stereocenters. The van der Waals surface area contributed by atoms with Gasteiger partial charge in [0.1, 0.15) is 11.3 Å². The summed E-state index contributed by atoms with van der Waals surface area (Å²) < 4.78 is 5.23. The SMILES string of the molecule is COc1ccc(CC(C)c2cnc3c(N)nc4cc(/C=C/C(=O)O)ccc4c3c2)cc1. The maximum atomic E-state index is 10.8. The molecule has 0 spiro atoms. The molecule has 2 aromatic heterocycles. The summed E-state index contributed by atoms with van der Waals surface area (Å²) in [6, 6.07) is 15.9. The first-order valence-corrected chi connectivity index (χ1v) is 9.97. The van der Waals surface area contributed by atoms with Crippen LogP contribution in [0, 0.1) is 0 Å². The van der Waals surface area contributed by atoms with E-state index in [1.165, 1.54) is 11.6 Å². The standard InChI is InChI=1S/C25H23N3O3/c1-15(11-16-3-7-19(31-2)8-4-16)18-13-21-20-9-5-17(6-10-23(29)30)12-22(20)28-25(26)24(21)27-14-18/h3-10,12-15H,11H2,1-2H3,(H2,26,28)(H,29,30)/b10-6+. The van der Waals surface area contributed by atoms with E-state index in [0.717, 1.165) is 40.1 Å². The Bertz CT molecular complexity index is 1300. The number of aromatic nitrogens is 2. The Labute approximate surface area is 180 Å². The van der Waals surface area contributed by atoms with Crippen LogP contribution in [0.15, 0.2) is 60.8 Å². The third-order valence-corrected chi connectivity index (χ3v) is 5.39. The van der Waals surface area contributed by atoms with Crippen molar-refractivity contribution in [2.24, 2.45) is 0 Å². The number of nitrogens with zero attached hydrogens (tertiary/aromatic N) is 2. The molecule has 2 heterocycles. The number of nitrogen functional groups attached to an aromatic ring is 1. The van der Waals surface area contributed by atoms with E-state index >= 15 is 0 Å². The molecule has 4 aromatic rings. The largest absolute Gasteiger partial charge is 0.497 e. The molecule has 6 heteroatoms. The molecule has 3 N–H and O–H groups in total. The van der Waals surface area contributed by atoms with Crippen molar-refractivity contribution >= 4 is 39.7 Å². The van der Waals surface area contributed by atoms with Gasteiger partial charge in [-0.15, -0.1) is 0 Å². The quantitative estimate of drug-likeness (QED) is 0.347. The number of nitrogens with two attached hydrogens (primary N) is 1. The van der Waals surface area contributed by atoms with Gasteiger partial charge in [0.2, 0.25) is 0 Å². The van der Waals surface area contributed by atoms with Crippen LogP contribution in [0.2, 0.25) is 0 Å². The topological polar surface area (TPSA) is 98.3 Å². The Balaban J connectivity index is 1.72. The van der Waals surface area contributed by atoms with Gasteiger partial charge in [0, 0.05) is 23.0 Å². The van der Waals surface area contributed by atoms with Crippen LogP contribution in [0.25, 0.3) is 27.9 Å². The monoisotopic (exact) mass is 413 g/mol. The first kappa shape index (κ1) is 20.3. The van der Waals surface area contributed by atoms with Crippen LogP contribution in [0.1, 0.15) is 29.5 Å². The van der Waals surface area contributed by atoms with Crippen LogP contribution in [0.5, 0.6) is 5.75 Å². The van der Waals surface area contributed by atoms with Crippen molar-refractivity contribution in [3.05, 3.63) is 77.5 Å². The van der Waals surface area contributed by atoms with Gasteiger partial charge in [-0.2, -0.15) is 0 Å². The average molecular weight is 413 g/mol. The maximum absolute atomic E-state index is 10.8. The van der Waals surface area contributed by atoms with Gasteiger partial charge in [0.15, 0.2) is 5.82 Å². The predicted molar refractivity (Wildman–Crippen MR) is 123 cm³/mol. The molecule has 156 valence electrons. The van der Waals surface area contributed by atoms with E-state index in [1.54, 1.807) is 7.11 Å². The molecule has 0 amide bonds. The second kappa shape index (κ2) is 8.44. The van der Waals surface area contributed by atoms with Crippen LogP contribution in [0.4, 0.5) is 5.82 Å². The number of rotatable bonds is 6. The van der Waals surface area contributed by atoms with Crippen molar-refractivity contribution in [2.75, 3.05) is 12.8 Å². The molecule has 0 saturated heterocycles.